The van der Waals surface area contributed by atoms with Gasteiger partial charge in [-0.25, -0.2) is 0 Å². The fraction of sp³-hybridized carbons (Fsp3) is 0.259. The van der Waals surface area contributed by atoms with Crippen LogP contribution in [0.4, 0.5) is 18.9 Å². The van der Waals surface area contributed by atoms with Crippen molar-refractivity contribution in [2.75, 3.05) is 11.9 Å². The first-order valence-corrected chi connectivity index (χ1v) is 13.3. The number of hydrogen-bond donors (Lipinski definition) is 1. The smallest absolute Gasteiger partial charge is 0.422 e. The van der Waals surface area contributed by atoms with Crippen LogP contribution in [0.15, 0.2) is 54.6 Å². The van der Waals surface area contributed by atoms with Gasteiger partial charge in [0.05, 0.1) is 10.9 Å². The molecule has 12 heteroatoms. The van der Waals surface area contributed by atoms with Gasteiger partial charge in [0, 0.05) is 33.6 Å². The fourth-order valence-corrected chi connectivity index (χ4v) is 5.84. The number of hydrogen-bond acceptors (Lipinski definition) is 3. The summed E-state index contributed by atoms with van der Waals surface area (Å²) in [5, 5.41) is 3.66. The van der Waals surface area contributed by atoms with Crippen molar-refractivity contribution in [1.29, 1.82) is 0 Å². The molecule has 1 saturated carbocycles. The molecule has 3 aromatic carbocycles. The van der Waals surface area contributed by atoms with E-state index in [0.717, 1.165) is 0 Å². The third kappa shape index (κ3) is 7.14. The van der Waals surface area contributed by atoms with Gasteiger partial charge in [0.15, 0.2) is 12.4 Å². The number of carbonyl (C=O) groups excluding carboxylic acids is 2. The summed E-state index contributed by atoms with van der Waals surface area (Å²) in [7, 11) is 0. The lowest BCUT2D eigenvalue weighted by atomic mass is 9.99. The van der Waals surface area contributed by atoms with Gasteiger partial charge in [0.25, 0.3) is 0 Å². The first-order chi connectivity index (χ1) is 18.2. The molecule has 1 aliphatic carbocycles. The largest absolute Gasteiger partial charge is 0.484 e. The molecule has 206 valence electrons. The van der Waals surface area contributed by atoms with Crippen LogP contribution in [0.3, 0.4) is 0 Å². The Hall–Kier alpha value is -2.16. The number of ether oxygens (including phenoxy) is 1. The number of nitrogens with one attached hydrogen (secondary N) is 1. The Kier molecular flexibility index (Phi) is 8.70. The van der Waals surface area contributed by atoms with Crippen molar-refractivity contribution in [3.05, 3.63) is 91.9 Å². The van der Waals surface area contributed by atoms with Crippen LogP contribution >= 0.6 is 58.0 Å². The second-order valence-corrected chi connectivity index (χ2v) is 11.8. The second kappa shape index (κ2) is 11.4. The summed E-state index contributed by atoms with van der Waals surface area (Å²) in [6.07, 6.45) is -4.53. The van der Waals surface area contributed by atoms with Crippen molar-refractivity contribution in [3.63, 3.8) is 0 Å². The van der Waals surface area contributed by atoms with Gasteiger partial charge in [0.1, 0.15) is 10.1 Å². The molecular weight excluding hydrogens is 621 g/mol. The minimum Gasteiger partial charge on any atom is -0.484 e. The van der Waals surface area contributed by atoms with E-state index in [9.17, 15) is 22.8 Å². The zero-order valence-electron chi connectivity index (χ0n) is 20.0. The Morgan fingerprint density at radius 1 is 0.974 bits per heavy atom. The molecule has 0 bridgehead atoms. The molecule has 3 aromatic rings. The van der Waals surface area contributed by atoms with Gasteiger partial charge in [-0.2, -0.15) is 13.2 Å². The molecule has 0 heterocycles. The SMILES string of the molecule is Cc1cc(OCC(F)(F)F)ccc1CC(=O)c1cc(NC(=O)C2C(c3cc(Cl)cc(Cl)c3)C2(Cl)Cl)ccc1Cl. The molecule has 1 fully saturated rings. The summed E-state index contributed by atoms with van der Waals surface area (Å²) in [4.78, 5) is 26.1. The van der Waals surface area contributed by atoms with E-state index in [1.807, 2.05) is 0 Å². The Morgan fingerprint density at radius 3 is 2.26 bits per heavy atom. The molecule has 0 aliphatic heterocycles. The van der Waals surface area contributed by atoms with Gasteiger partial charge in [-0.3, -0.25) is 9.59 Å². The number of anilines is 1. The topological polar surface area (TPSA) is 55.4 Å². The molecule has 0 spiro atoms. The minimum absolute atomic E-state index is 0.0388. The van der Waals surface area contributed by atoms with Crippen LogP contribution in [0.25, 0.3) is 0 Å². The fourth-order valence-electron chi connectivity index (χ4n) is 4.25. The van der Waals surface area contributed by atoms with Crippen molar-refractivity contribution in [3.8, 4) is 5.75 Å². The van der Waals surface area contributed by atoms with E-state index in [1.165, 1.54) is 36.4 Å². The Labute approximate surface area is 247 Å². The highest BCUT2D eigenvalue weighted by Crippen LogP contribution is 2.65. The first kappa shape index (κ1) is 29.8. The van der Waals surface area contributed by atoms with E-state index in [-0.39, 0.29) is 28.5 Å². The average molecular weight is 640 g/mol. The zero-order chi connectivity index (χ0) is 28.7. The second-order valence-electron chi connectivity index (χ2n) is 9.11. The number of ketones is 1. The van der Waals surface area contributed by atoms with E-state index in [0.29, 0.717) is 32.4 Å². The summed E-state index contributed by atoms with van der Waals surface area (Å²) >= 11 is 31.3. The van der Waals surface area contributed by atoms with Gasteiger partial charge in [0.2, 0.25) is 5.91 Å². The van der Waals surface area contributed by atoms with E-state index in [1.54, 1.807) is 25.1 Å². The zero-order valence-corrected chi connectivity index (χ0v) is 23.8. The summed E-state index contributed by atoms with van der Waals surface area (Å²) < 4.78 is 40.6. The number of rotatable bonds is 8. The van der Waals surface area contributed by atoms with Crippen LogP contribution in [0.2, 0.25) is 15.1 Å². The molecule has 4 nitrogen and oxygen atoms in total. The average Bonchev–Trinajstić information content (AvgIpc) is 3.41. The van der Waals surface area contributed by atoms with E-state index >= 15 is 0 Å². The molecule has 0 radical (unpaired) electrons. The van der Waals surface area contributed by atoms with Gasteiger partial charge in [-0.15, -0.1) is 23.2 Å². The van der Waals surface area contributed by atoms with Crippen LogP contribution in [0.1, 0.15) is 33.0 Å². The molecule has 0 saturated heterocycles. The summed E-state index contributed by atoms with van der Waals surface area (Å²) in [6, 6.07) is 13.6. The molecule has 2 unspecified atom stereocenters. The van der Waals surface area contributed by atoms with Crippen LogP contribution < -0.4 is 10.1 Å². The van der Waals surface area contributed by atoms with Crippen LogP contribution in [0, 0.1) is 12.8 Å². The lowest BCUT2D eigenvalue weighted by Crippen LogP contribution is -2.19. The van der Waals surface area contributed by atoms with Crippen molar-refractivity contribution >= 4 is 75.4 Å². The maximum Gasteiger partial charge on any atom is 0.422 e. The lowest BCUT2D eigenvalue weighted by molar-refractivity contribution is -0.153. The predicted molar refractivity (Wildman–Crippen MR) is 148 cm³/mol. The minimum atomic E-state index is -4.46. The molecule has 0 aromatic heterocycles. The Morgan fingerprint density at radius 2 is 1.64 bits per heavy atom. The van der Waals surface area contributed by atoms with Gasteiger partial charge < -0.3 is 10.1 Å². The maximum atomic E-state index is 13.1. The molecule has 1 N–H and O–H groups in total. The highest BCUT2D eigenvalue weighted by Gasteiger charge is 2.67. The normalized spacial score (nSPS) is 18.0. The molecule has 4 rings (SSSR count). The van der Waals surface area contributed by atoms with Gasteiger partial charge in [-0.1, -0.05) is 40.9 Å². The van der Waals surface area contributed by atoms with Crippen LogP contribution in [0.5, 0.6) is 5.75 Å². The summed E-state index contributed by atoms with van der Waals surface area (Å²) in [5.74, 6) is -2.13. The Balaban J connectivity index is 1.46. The highest BCUT2D eigenvalue weighted by atomic mass is 35.5. The van der Waals surface area contributed by atoms with Crippen LogP contribution in [-0.2, 0) is 11.2 Å². The molecule has 39 heavy (non-hydrogen) atoms. The number of Topliss-reactive ketones (excluding diaryl/α,β-unsaturated/α-hetero) is 1. The van der Waals surface area contributed by atoms with Crippen molar-refractivity contribution in [2.24, 2.45) is 5.92 Å². The monoisotopic (exact) mass is 637 g/mol. The molecule has 1 aliphatic rings. The third-order valence-corrected chi connectivity index (χ3v) is 7.89. The van der Waals surface area contributed by atoms with Gasteiger partial charge >= 0.3 is 6.18 Å². The van der Waals surface area contributed by atoms with Crippen molar-refractivity contribution in [2.45, 2.75) is 29.8 Å². The highest BCUT2D eigenvalue weighted by molar-refractivity contribution is 6.53. The van der Waals surface area contributed by atoms with Crippen molar-refractivity contribution in [1.82, 2.24) is 0 Å². The Bertz CT molecular complexity index is 1420. The lowest BCUT2D eigenvalue weighted by Gasteiger charge is -2.12. The number of aryl methyl sites for hydroxylation is 1. The van der Waals surface area contributed by atoms with E-state index in [2.05, 4.69) is 5.32 Å². The molecule has 2 atom stereocenters. The molecular formula is C27H19Cl5F3NO3. The third-order valence-electron chi connectivity index (χ3n) is 6.18. The number of benzene rings is 3. The first-order valence-electron chi connectivity index (χ1n) is 11.4. The predicted octanol–water partition coefficient (Wildman–Crippen LogP) is 8.85. The summed E-state index contributed by atoms with van der Waals surface area (Å²) in [6.45, 7) is 0.243. The molecule has 1 amide bonds. The van der Waals surface area contributed by atoms with E-state index < -0.39 is 34.9 Å². The number of halogens is 8. The standard InChI is InChI=1S/C27H19Cl5F3NO3/c1-13-6-19(39-12-26(33,34)35)4-2-14(13)9-22(37)20-11-18(3-5-21(20)30)36-25(38)24-23(27(24,31)32)15-7-16(28)10-17(29)8-15/h2-8,10-11,23-24H,9,12H2,1H3,(H,36,38). The maximum absolute atomic E-state index is 13.1. The number of amides is 1. The number of alkyl halides is 5. The summed E-state index contributed by atoms with van der Waals surface area (Å²) in [5.41, 5.74) is 2.24. The van der Waals surface area contributed by atoms with Gasteiger partial charge in [-0.05, 0) is 72.1 Å². The van der Waals surface area contributed by atoms with E-state index in [4.69, 9.17) is 62.7 Å². The number of carbonyl (C=O) groups is 2. The van der Waals surface area contributed by atoms with Crippen LogP contribution in [-0.4, -0.2) is 28.8 Å². The van der Waals surface area contributed by atoms with Crippen molar-refractivity contribution < 1.29 is 27.5 Å². The quantitative estimate of drug-likeness (QED) is 0.198.